The van der Waals surface area contributed by atoms with Crippen molar-refractivity contribution in [3.8, 4) is 0 Å². The van der Waals surface area contributed by atoms with Gasteiger partial charge in [-0.25, -0.2) is 8.78 Å². The van der Waals surface area contributed by atoms with Crippen LogP contribution in [-0.2, 0) is 20.7 Å². The molecule has 0 fully saturated rings. The maximum absolute atomic E-state index is 13.5. The van der Waals surface area contributed by atoms with E-state index in [1.807, 2.05) is 0 Å². The Morgan fingerprint density at radius 3 is 2.38 bits per heavy atom. The van der Waals surface area contributed by atoms with Gasteiger partial charge < -0.3 is 10.1 Å². The van der Waals surface area contributed by atoms with Gasteiger partial charge in [0.15, 0.2) is 6.10 Å². The van der Waals surface area contributed by atoms with Gasteiger partial charge in [-0.2, -0.15) is 0 Å². The first-order valence-corrected chi connectivity index (χ1v) is 7.44. The minimum Gasteiger partial charge on any atom is -0.452 e. The quantitative estimate of drug-likeness (QED) is 0.833. The van der Waals surface area contributed by atoms with E-state index in [2.05, 4.69) is 5.32 Å². The molecular formula is C17H14ClF2NO3. The van der Waals surface area contributed by atoms with Gasteiger partial charge >= 0.3 is 5.97 Å². The van der Waals surface area contributed by atoms with Crippen molar-refractivity contribution in [2.75, 3.05) is 5.32 Å². The molecule has 24 heavy (non-hydrogen) atoms. The van der Waals surface area contributed by atoms with E-state index in [0.717, 1.165) is 12.1 Å². The van der Waals surface area contributed by atoms with Crippen molar-refractivity contribution < 1.29 is 23.1 Å². The summed E-state index contributed by atoms with van der Waals surface area (Å²) in [4.78, 5) is 23.8. The number of esters is 1. The molecule has 4 nitrogen and oxygen atoms in total. The lowest BCUT2D eigenvalue weighted by Crippen LogP contribution is -2.31. The molecule has 1 amide bonds. The highest BCUT2D eigenvalue weighted by Gasteiger charge is 2.21. The molecule has 0 bridgehead atoms. The summed E-state index contributed by atoms with van der Waals surface area (Å²) < 4.78 is 32.0. The Labute approximate surface area is 142 Å². The Morgan fingerprint density at radius 2 is 1.75 bits per heavy atom. The molecular weight excluding hydrogens is 340 g/mol. The highest BCUT2D eigenvalue weighted by Crippen LogP contribution is 2.19. The normalized spacial score (nSPS) is 11.7. The molecule has 0 aliphatic rings. The van der Waals surface area contributed by atoms with Crippen molar-refractivity contribution >= 4 is 29.2 Å². The lowest BCUT2D eigenvalue weighted by Gasteiger charge is -2.14. The molecule has 0 aromatic heterocycles. The summed E-state index contributed by atoms with van der Waals surface area (Å²) in [6, 6.07) is 9.90. The third-order valence-electron chi connectivity index (χ3n) is 3.18. The highest BCUT2D eigenvalue weighted by atomic mass is 35.5. The lowest BCUT2D eigenvalue weighted by molar-refractivity contribution is -0.152. The van der Waals surface area contributed by atoms with Crippen LogP contribution in [0.25, 0.3) is 0 Å². The van der Waals surface area contributed by atoms with Gasteiger partial charge in [-0.15, -0.1) is 0 Å². The number of nitrogens with one attached hydrogen (secondary N) is 1. The first-order valence-electron chi connectivity index (χ1n) is 7.06. The van der Waals surface area contributed by atoms with Gasteiger partial charge in [-0.05, 0) is 30.7 Å². The van der Waals surface area contributed by atoms with Gasteiger partial charge in [-0.1, -0.05) is 35.9 Å². The number of para-hydroxylation sites is 1. The summed E-state index contributed by atoms with van der Waals surface area (Å²) in [5.74, 6) is -3.36. The van der Waals surface area contributed by atoms with E-state index in [1.54, 1.807) is 24.3 Å². The second-order valence-electron chi connectivity index (χ2n) is 4.99. The number of halogens is 3. The van der Waals surface area contributed by atoms with E-state index in [4.69, 9.17) is 16.3 Å². The largest absolute Gasteiger partial charge is 0.452 e. The lowest BCUT2D eigenvalue weighted by atomic mass is 10.1. The Hall–Kier alpha value is -2.47. The monoisotopic (exact) mass is 353 g/mol. The minimum atomic E-state index is -1.22. The number of amides is 1. The third-order valence-corrected chi connectivity index (χ3v) is 3.55. The van der Waals surface area contributed by atoms with E-state index in [0.29, 0.717) is 10.6 Å². The first kappa shape index (κ1) is 17.9. The minimum absolute atomic E-state index is 0.120. The number of hydrogen-bond acceptors (Lipinski definition) is 3. The maximum Gasteiger partial charge on any atom is 0.311 e. The number of ether oxygens (including phenoxy) is 1. The first-order chi connectivity index (χ1) is 11.4. The SMILES string of the molecule is C[C@H](OC(=O)Cc1ccccc1Cl)C(=O)Nc1c(F)cccc1F. The molecule has 7 heteroatoms. The molecule has 0 saturated heterocycles. The number of carbonyl (C=O) groups is 2. The summed E-state index contributed by atoms with van der Waals surface area (Å²) >= 11 is 5.94. The van der Waals surface area contributed by atoms with Crippen LogP contribution < -0.4 is 5.32 Å². The summed E-state index contributed by atoms with van der Waals surface area (Å²) in [6.45, 7) is 1.30. The molecule has 0 unspecified atom stereocenters. The number of carbonyl (C=O) groups excluding carboxylic acids is 2. The van der Waals surface area contributed by atoms with Crippen LogP contribution in [0.15, 0.2) is 42.5 Å². The molecule has 2 rings (SSSR count). The van der Waals surface area contributed by atoms with Crippen molar-refractivity contribution in [1.29, 1.82) is 0 Å². The van der Waals surface area contributed by atoms with Crippen LogP contribution in [-0.4, -0.2) is 18.0 Å². The van der Waals surface area contributed by atoms with Crippen LogP contribution in [0.3, 0.4) is 0 Å². The highest BCUT2D eigenvalue weighted by molar-refractivity contribution is 6.31. The fraction of sp³-hybridized carbons (Fsp3) is 0.176. The van der Waals surface area contributed by atoms with Gasteiger partial charge in [0.25, 0.3) is 5.91 Å². The van der Waals surface area contributed by atoms with E-state index < -0.39 is 35.3 Å². The summed E-state index contributed by atoms with van der Waals surface area (Å²) in [5.41, 5.74) is -0.0339. The summed E-state index contributed by atoms with van der Waals surface area (Å²) in [5, 5.41) is 2.47. The Kier molecular flexibility index (Phi) is 5.87. The van der Waals surface area contributed by atoms with Crippen LogP contribution in [0, 0.1) is 11.6 Å². The fourth-order valence-electron chi connectivity index (χ4n) is 1.93. The maximum atomic E-state index is 13.5. The predicted molar refractivity (Wildman–Crippen MR) is 85.7 cm³/mol. The van der Waals surface area contributed by atoms with Crippen molar-refractivity contribution in [2.45, 2.75) is 19.4 Å². The zero-order valence-electron chi connectivity index (χ0n) is 12.7. The van der Waals surface area contributed by atoms with Crippen molar-refractivity contribution in [3.63, 3.8) is 0 Å². The van der Waals surface area contributed by atoms with Crippen molar-refractivity contribution in [1.82, 2.24) is 0 Å². The number of benzene rings is 2. The molecule has 0 aliphatic carbocycles. The smallest absolute Gasteiger partial charge is 0.311 e. The van der Waals surface area contributed by atoms with Gasteiger partial charge in [0.2, 0.25) is 0 Å². The van der Waals surface area contributed by atoms with Crippen LogP contribution in [0.2, 0.25) is 5.02 Å². The zero-order valence-corrected chi connectivity index (χ0v) is 13.4. The number of anilines is 1. The van der Waals surface area contributed by atoms with Crippen LogP contribution in [0.5, 0.6) is 0 Å². The molecule has 126 valence electrons. The van der Waals surface area contributed by atoms with Gasteiger partial charge in [0.05, 0.1) is 6.42 Å². The van der Waals surface area contributed by atoms with Crippen molar-refractivity contribution in [3.05, 3.63) is 64.7 Å². The molecule has 0 heterocycles. The molecule has 0 saturated carbocycles. The van der Waals surface area contributed by atoms with Crippen LogP contribution >= 0.6 is 11.6 Å². The Bertz CT molecular complexity index is 747. The third kappa shape index (κ3) is 4.52. The summed E-state index contributed by atoms with van der Waals surface area (Å²) in [7, 11) is 0. The molecule has 0 aliphatic heterocycles. The standard InChI is InChI=1S/C17H14ClF2NO3/c1-10(17(23)21-16-13(19)7-4-8-14(16)20)24-15(22)9-11-5-2-3-6-12(11)18/h2-8,10H,9H2,1H3,(H,21,23)/t10-/m0/s1. The van der Waals surface area contributed by atoms with Crippen LogP contribution in [0.4, 0.5) is 14.5 Å². The molecule has 1 atom stereocenters. The predicted octanol–water partition coefficient (Wildman–Crippen LogP) is 3.73. The number of hydrogen-bond donors (Lipinski definition) is 1. The van der Waals surface area contributed by atoms with E-state index in [9.17, 15) is 18.4 Å². The molecule has 0 radical (unpaired) electrons. The van der Waals surface area contributed by atoms with E-state index in [-0.39, 0.29) is 6.42 Å². The van der Waals surface area contributed by atoms with Crippen molar-refractivity contribution in [2.24, 2.45) is 0 Å². The zero-order chi connectivity index (χ0) is 17.7. The van der Waals surface area contributed by atoms with Gasteiger partial charge in [0.1, 0.15) is 17.3 Å². The number of rotatable bonds is 5. The molecule has 1 N–H and O–H groups in total. The Balaban J connectivity index is 1.96. The second kappa shape index (κ2) is 7.88. The van der Waals surface area contributed by atoms with Crippen LogP contribution in [0.1, 0.15) is 12.5 Å². The second-order valence-corrected chi connectivity index (χ2v) is 5.39. The topological polar surface area (TPSA) is 55.4 Å². The average molecular weight is 354 g/mol. The van der Waals surface area contributed by atoms with E-state index in [1.165, 1.54) is 13.0 Å². The van der Waals surface area contributed by atoms with Gasteiger partial charge in [0, 0.05) is 5.02 Å². The molecule has 2 aromatic carbocycles. The molecule has 0 spiro atoms. The fourth-order valence-corrected chi connectivity index (χ4v) is 2.13. The Morgan fingerprint density at radius 1 is 1.12 bits per heavy atom. The average Bonchev–Trinajstić information content (AvgIpc) is 2.53. The van der Waals surface area contributed by atoms with E-state index >= 15 is 0 Å². The summed E-state index contributed by atoms with van der Waals surface area (Å²) in [6.07, 6.45) is -1.34. The van der Waals surface area contributed by atoms with Gasteiger partial charge in [-0.3, -0.25) is 9.59 Å². The molecule has 2 aromatic rings.